The Morgan fingerprint density at radius 2 is 2.09 bits per heavy atom. The summed E-state index contributed by atoms with van der Waals surface area (Å²) in [5.41, 5.74) is 2.74. The first-order valence-corrected chi connectivity index (χ1v) is 10.9. The smallest absolute Gasteiger partial charge is 0.407 e. The summed E-state index contributed by atoms with van der Waals surface area (Å²) >= 11 is 0. The summed E-state index contributed by atoms with van der Waals surface area (Å²) in [6, 6.07) is 0. The molecule has 2 N–H and O–H groups in total. The lowest BCUT2D eigenvalue weighted by atomic mass is 9.87. The van der Waals surface area contributed by atoms with Crippen LogP contribution >= 0.6 is 0 Å². The van der Waals surface area contributed by atoms with Crippen LogP contribution in [0.4, 0.5) is 4.79 Å². The van der Waals surface area contributed by atoms with E-state index in [2.05, 4.69) is 20.4 Å². The average molecular weight is 446 g/mol. The second kappa shape index (κ2) is 10.4. The number of hydrogen-bond acceptors (Lipinski definition) is 7. The van der Waals surface area contributed by atoms with Crippen molar-refractivity contribution >= 4 is 12.1 Å². The maximum absolute atomic E-state index is 11.9. The van der Waals surface area contributed by atoms with Gasteiger partial charge in [0.2, 0.25) is 5.88 Å². The number of ether oxygens (including phenoxy) is 2. The number of carboxylic acid groups (broad SMARTS) is 1. The Hall–Kier alpha value is -3.17. The summed E-state index contributed by atoms with van der Waals surface area (Å²) in [6.45, 7) is 6.34. The van der Waals surface area contributed by atoms with E-state index in [1.54, 1.807) is 31.0 Å². The van der Waals surface area contributed by atoms with Gasteiger partial charge in [0.1, 0.15) is 11.8 Å². The van der Waals surface area contributed by atoms with Crippen LogP contribution in [0, 0.1) is 18.8 Å². The number of carbonyl (C=O) groups is 2. The molecule has 174 valence electrons. The van der Waals surface area contributed by atoms with Gasteiger partial charge in [-0.1, -0.05) is 13.8 Å². The molecule has 1 saturated carbocycles. The molecule has 3 rings (SSSR count). The Morgan fingerprint density at radius 1 is 1.31 bits per heavy atom. The predicted molar refractivity (Wildman–Crippen MR) is 116 cm³/mol. The third-order valence-corrected chi connectivity index (χ3v) is 5.44. The minimum absolute atomic E-state index is 0.182. The lowest BCUT2D eigenvalue weighted by Crippen LogP contribution is -2.30. The number of hydrogen-bond donors (Lipinski definition) is 2. The number of aromatic nitrogens is 4. The van der Waals surface area contributed by atoms with Crippen LogP contribution in [0.5, 0.6) is 5.88 Å². The van der Waals surface area contributed by atoms with Crippen molar-refractivity contribution in [3.8, 4) is 17.1 Å². The molecule has 0 aliphatic heterocycles. The molecule has 1 unspecified atom stereocenters. The Morgan fingerprint density at radius 3 is 2.78 bits per heavy atom. The Balaban J connectivity index is 1.68. The number of nitrogens with zero attached hydrogens (tertiary/aromatic N) is 4. The highest BCUT2D eigenvalue weighted by Gasteiger charge is 2.29. The van der Waals surface area contributed by atoms with Crippen molar-refractivity contribution < 1.29 is 24.2 Å². The zero-order valence-electron chi connectivity index (χ0n) is 19.0. The fourth-order valence-electron chi connectivity index (χ4n) is 3.69. The van der Waals surface area contributed by atoms with E-state index in [0.29, 0.717) is 36.7 Å². The molecule has 0 spiro atoms. The van der Waals surface area contributed by atoms with E-state index in [0.717, 1.165) is 24.1 Å². The van der Waals surface area contributed by atoms with Gasteiger partial charge in [-0.25, -0.2) is 14.8 Å². The number of aliphatic carboxylic acids is 1. The summed E-state index contributed by atoms with van der Waals surface area (Å²) < 4.78 is 12.8. The van der Waals surface area contributed by atoms with E-state index < -0.39 is 12.1 Å². The Labute approximate surface area is 187 Å². The molecule has 1 aliphatic carbocycles. The number of nitrogens with one attached hydrogen (secondary N) is 1. The molecule has 2 atom stereocenters. The quantitative estimate of drug-likeness (QED) is 0.634. The fourth-order valence-corrected chi connectivity index (χ4v) is 3.69. The largest absolute Gasteiger partial charge is 0.481 e. The number of carbonyl (C=O) groups excluding carboxylic acids is 1. The highest BCUT2D eigenvalue weighted by Crippen LogP contribution is 2.29. The SMILES string of the molecule is Cc1nc(-c2cnn(C)c2CNC(=O)OCC(C)C)cnc1O[C@H]1CCCC(C(=O)O)C1. The van der Waals surface area contributed by atoms with Gasteiger partial charge < -0.3 is 19.9 Å². The van der Waals surface area contributed by atoms with Crippen molar-refractivity contribution in [2.24, 2.45) is 18.9 Å². The molecule has 2 aromatic heterocycles. The molecule has 2 aromatic rings. The van der Waals surface area contributed by atoms with Crippen molar-refractivity contribution in [1.82, 2.24) is 25.1 Å². The van der Waals surface area contributed by atoms with Crippen molar-refractivity contribution in [3.05, 3.63) is 23.8 Å². The molecule has 0 radical (unpaired) electrons. The number of rotatable bonds is 8. The van der Waals surface area contributed by atoms with Gasteiger partial charge in [-0.3, -0.25) is 9.48 Å². The zero-order chi connectivity index (χ0) is 23.3. The fraction of sp³-hybridized carbons (Fsp3) is 0.591. The highest BCUT2D eigenvalue weighted by atomic mass is 16.5. The molecular formula is C22H31N5O5. The molecule has 10 nitrogen and oxygen atoms in total. The lowest BCUT2D eigenvalue weighted by molar-refractivity contribution is -0.143. The molecule has 0 bridgehead atoms. The topological polar surface area (TPSA) is 128 Å². The molecular weight excluding hydrogens is 414 g/mol. The molecule has 0 aromatic carbocycles. The van der Waals surface area contributed by atoms with Crippen molar-refractivity contribution in [1.29, 1.82) is 0 Å². The standard InChI is InChI=1S/C22H31N5O5/c1-13(2)12-31-22(30)24-11-19-17(9-25-27(19)4)18-10-23-20(14(3)26-18)32-16-7-5-6-15(8-16)21(28)29/h9-10,13,15-16H,5-8,11-12H2,1-4H3,(H,24,30)(H,28,29)/t15?,16-/m0/s1. The second-order valence-electron chi connectivity index (χ2n) is 8.56. The van der Waals surface area contributed by atoms with Gasteiger partial charge in [-0.2, -0.15) is 5.10 Å². The molecule has 0 saturated heterocycles. The number of amides is 1. The number of aryl methyl sites for hydroxylation is 2. The van der Waals surface area contributed by atoms with Crippen molar-refractivity contribution in [2.45, 2.75) is 59.1 Å². The minimum atomic E-state index is -0.776. The first-order valence-electron chi connectivity index (χ1n) is 10.9. The molecule has 2 heterocycles. The van der Waals surface area contributed by atoms with Gasteiger partial charge >= 0.3 is 12.1 Å². The van der Waals surface area contributed by atoms with Gasteiger partial charge in [0, 0.05) is 12.6 Å². The van der Waals surface area contributed by atoms with Crippen molar-refractivity contribution in [3.63, 3.8) is 0 Å². The van der Waals surface area contributed by atoms with Gasteiger partial charge in [0.25, 0.3) is 0 Å². The average Bonchev–Trinajstić information content (AvgIpc) is 3.12. The molecule has 32 heavy (non-hydrogen) atoms. The normalized spacial score (nSPS) is 18.4. The van der Waals surface area contributed by atoms with Crippen LogP contribution in [-0.2, 0) is 23.1 Å². The maximum Gasteiger partial charge on any atom is 0.407 e. The van der Waals surface area contributed by atoms with E-state index in [9.17, 15) is 14.7 Å². The van der Waals surface area contributed by atoms with Crippen molar-refractivity contribution in [2.75, 3.05) is 6.61 Å². The molecule has 1 aliphatic rings. The van der Waals surface area contributed by atoms with Crippen LogP contribution in [-0.4, -0.2) is 49.6 Å². The third kappa shape index (κ3) is 5.95. The first kappa shape index (κ1) is 23.5. The van der Waals surface area contributed by atoms with Crippen LogP contribution in [0.25, 0.3) is 11.3 Å². The minimum Gasteiger partial charge on any atom is -0.481 e. The molecule has 1 fully saturated rings. The number of carboxylic acids is 1. The van der Waals surface area contributed by atoms with Crippen LogP contribution < -0.4 is 10.1 Å². The van der Waals surface area contributed by atoms with Crippen LogP contribution in [0.2, 0.25) is 0 Å². The van der Waals surface area contributed by atoms with E-state index in [-0.39, 0.29) is 24.5 Å². The summed E-state index contributed by atoms with van der Waals surface area (Å²) in [4.78, 5) is 32.3. The van der Waals surface area contributed by atoms with Crippen LogP contribution in [0.3, 0.4) is 0 Å². The van der Waals surface area contributed by atoms with Crippen LogP contribution in [0.15, 0.2) is 12.4 Å². The van der Waals surface area contributed by atoms with E-state index in [1.807, 2.05) is 13.8 Å². The summed E-state index contributed by atoms with van der Waals surface area (Å²) in [6.07, 6.45) is 5.40. The monoisotopic (exact) mass is 445 g/mol. The van der Waals surface area contributed by atoms with E-state index in [1.165, 1.54) is 0 Å². The molecule has 1 amide bonds. The van der Waals surface area contributed by atoms with E-state index in [4.69, 9.17) is 9.47 Å². The summed E-state index contributed by atoms with van der Waals surface area (Å²) in [5, 5.41) is 16.3. The van der Waals surface area contributed by atoms with Gasteiger partial charge in [-0.05, 0) is 38.5 Å². The second-order valence-corrected chi connectivity index (χ2v) is 8.56. The lowest BCUT2D eigenvalue weighted by Gasteiger charge is -2.27. The zero-order valence-corrected chi connectivity index (χ0v) is 19.0. The third-order valence-electron chi connectivity index (χ3n) is 5.44. The van der Waals surface area contributed by atoms with Gasteiger partial charge in [-0.15, -0.1) is 0 Å². The molecule has 10 heteroatoms. The summed E-state index contributed by atoms with van der Waals surface area (Å²) in [7, 11) is 1.79. The Bertz CT molecular complexity index is 958. The predicted octanol–water partition coefficient (Wildman–Crippen LogP) is 3.09. The first-order chi connectivity index (χ1) is 15.2. The summed E-state index contributed by atoms with van der Waals surface area (Å²) in [5.74, 6) is -0.484. The van der Waals surface area contributed by atoms with E-state index >= 15 is 0 Å². The maximum atomic E-state index is 11.9. The van der Waals surface area contributed by atoms with Gasteiger partial charge in [0.05, 0.1) is 42.9 Å². The Kier molecular flexibility index (Phi) is 7.66. The highest BCUT2D eigenvalue weighted by molar-refractivity contribution is 5.70. The van der Waals surface area contributed by atoms with Crippen LogP contribution in [0.1, 0.15) is 50.9 Å². The van der Waals surface area contributed by atoms with Gasteiger partial charge in [0.15, 0.2) is 0 Å². The number of alkyl carbamates (subject to hydrolysis) is 1.